The Morgan fingerprint density at radius 1 is 0.558 bits per heavy atom. The molecule has 0 fully saturated rings. The summed E-state index contributed by atoms with van der Waals surface area (Å²) >= 11 is 0. The Labute approximate surface area is 264 Å². The van der Waals surface area contributed by atoms with E-state index in [-0.39, 0.29) is 25.2 Å². The van der Waals surface area contributed by atoms with Crippen molar-refractivity contribution in [2.24, 2.45) is 0 Å². The predicted octanol–water partition coefficient (Wildman–Crippen LogP) is 10.4. The first kappa shape index (κ1) is 40.6. The molecule has 0 aliphatic rings. The van der Waals surface area contributed by atoms with Crippen LogP contribution in [0.5, 0.6) is 0 Å². The van der Waals surface area contributed by atoms with Crippen molar-refractivity contribution in [3.8, 4) is 0 Å². The first-order valence-electron chi connectivity index (χ1n) is 17.3. The molecule has 0 rings (SSSR count). The highest BCUT2D eigenvalue weighted by Gasteiger charge is 2.15. The lowest BCUT2D eigenvalue weighted by atomic mass is 10.0. The van der Waals surface area contributed by atoms with E-state index in [0.717, 1.165) is 57.8 Å². The number of ether oxygens (including phenoxy) is 2. The van der Waals surface area contributed by atoms with E-state index in [0.29, 0.717) is 19.3 Å². The van der Waals surface area contributed by atoms with E-state index in [1.807, 2.05) is 0 Å². The molecule has 246 valence electrons. The topological polar surface area (TPSA) is 72.8 Å². The number of unbranched alkanes of at least 4 members (excludes halogenated alkanes) is 12. The SMILES string of the molecule is CC/C=C\C/C=C\C/C=C\C/C=C\C/C=C\CCCC(=O)OC[C@H](CO)OC(=O)CCCCCCCCCCCCCC. The van der Waals surface area contributed by atoms with E-state index in [4.69, 9.17) is 9.47 Å². The average Bonchev–Trinajstić information content (AvgIpc) is 3.01. The molecular formula is C38H64O5. The Morgan fingerprint density at radius 3 is 1.49 bits per heavy atom. The van der Waals surface area contributed by atoms with Crippen molar-refractivity contribution in [2.75, 3.05) is 13.2 Å². The number of aliphatic hydroxyl groups is 1. The maximum absolute atomic E-state index is 12.1. The normalized spacial score (nSPS) is 12.9. The standard InChI is InChI=1S/C38H64O5/c1-3-5-7-9-11-13-15-17-18-19-20-21-23-24-26-28-30-32-37(40)42-35-36(34-39)43-38(41)33-31-29-27-25-22-16-14-12-10-8-6-4-2/h5,7,11,13,17-18,20-21,24,26,36,39H,3-4,6,8-10,12,14-16,19,22-23,25,27-35H2,1-2H3/b7-5-,13-11-,18-17-,21-20-,26-24-/t36-/m0/s1. The maximum atomic E-state index is 12.1. The molecule has 0 aromatic carbocycles. The number of carbonyl (C=O) groups is 2. The van der Waals surface area contributed by atoms with Crippen LogP contribution in [0.3, 0.4) is 0 Å². The third-order valence-electron chi connectivity index (χ3n) is 7.08. The molecule has 0 aromatic heterocycles. The Bertz CT molecular complexity index is 777. The number of allylic oxidation sites excluding steroid dienone is 10. The molecule has 0 saturated heterocycles. The van der Waals surface area contributed by atoms with Gasteiger partial charge in [-0.05, 0) is 51.4 Å². The average molecular weight is 601 g/mol. The monoisotopic (exact) mass is 600 g/mol. The summed E-state index contributed by atoms with van der Waals surface area (Å²) in [4.78, 5) is 24.1. The second kappa shape index (κ2) is 34.1. The largest absolute Gasteiger partial charge is 0.462 e. The van der Waals surface area contributed by atoms with Crippen molar-refractivity contribution < 1.29 is 24.2 Å². The molecule has 1 N–H and O–H groups in total. The smallest absolute Gasteiger partial charge is 0.306 e. The zero-order chi connectivity index (χ0) is 31.5. The molecule has 0 aliphatic heterocycles. The van der Waals surface area contributed by atoms with Crippen LogP contribution in [0.15, 0.2) is 60.8 Å². The van der Waals surface area contributed by atoms with Crippen LogP contribution in [0.2, 0.25) is 0 Å². The fraction of sp³-hybridized carbons (Fsp3) is 0.684. The highest BCUT2D eigenvalue weighted by atomic mass is 16.6. The Kier molecular flexibility index (Phi) is 32.2. The van der Waals surface area contributed by atoms with Crippen LogP contribution >= 0.6 is 0 Å². The molecule has 0 aliphatic carbocycles. The Morgan fingerprint density at radius 2 is 1.00 bits per heavy atom. The van der Waals surface area contributed by atoms with Crippen molar-refractivity contribution >= 4 is 11.9 Å². The van der Waals surface area contributed by atoms with Gasteiger partial charge in [0.2, 0.25) is 0 Å². The maximum Gasteiger partial charge on any atom is 0.306 e. The highest BCUT2D eigenvalue weighted by Crippen LogP contribution is 2.13. The van der Waals surface area contributed by atoms with Crippen molar-refractivity contribution in [1.82, 2.24) is 0 Å². The molecular weight excluding hydrogens is 536 g/mol. The fourth-order valence-corrected chi connectivity index (χ4v) is 4.47. The summed E-state index contributed by atoms with van der Waals surface area (Å²) in [6.07, 6.45) is 42.8. The van der Waals surface area contributed by atoms with Crippen LogP contribution in [0.25, 0.3) is 0 Å². The summed E-state index contributed by atoms with van der Waals surface area (Å²) in [7, 11) is 0. The van der Waals surface area contributed by atoms with Gasteiger partial charge in [0.25, 0.3) is 0 Å². The second-order valence-corrected chi connectivity index (χ2v) is 11.2. The molecule has 5 heteroatoms. The molecule has 1 atom stereocenters. The summed E-state index contributed by atoms with van der Waals surface area (Å²) < 4.78 is 10.5. The van der Waals surface area contributed by atoms with Crippen molar-refractivity contribution in [1.29, 1.82) is 0 Å². The quantitative estimate of drug-likeness (QED) is 0.0504. The van der Waals surface area contributed by atoms with Gasteiger partial charge < -0.3 is 14.6 Å². The third-order valence-corrected chi connectivity index (χ3v) is 7.08. The summed E-state index contributed by atoms with van der Waals surface area (Å²) in [5, 5.41) is 9.50. The van der Waals surface area contributed by atoms with Crippen LogP contribution < -0.4 is 0 Å². The molecule has 0 amide bonds. The molecule has 0 bridgehead atoms. The molecule has 43 heavy (non-hydrogen) atoms. The van der Waals surface area contributed by atoms with Crippen LogP contribution in [-0.4, -0.2) is 36.4 Å². The van der Waals surface area contributed by atoms with Gasteiger partial charge in [0.05, 0.1) is 6.61 Å². The summed E-state index contributed by atoms with van der Waals surface area (Å²) in [5.74, 6) is -0.664. The number of esters is 2. The van der Waals surface area contributed by atoms with E-state index in [1.54, 1.807) is 0 Å². The van der Waals surface area contributed by atoms with E-state index in [2.05, 4.69) is 74.6 Å². The van der Waals surface area contributed by atoms with Gasteiger partial charge in [-0.1, -0.05) is 145 Å². The summed E-state index contributed by atoms with van der Waals surface area (Å²) in [6.45, 7) is 3.95. The van der Waals surface area contributed by atoms with Crippen LogP contribution in [0.4, 0.5) is 0 Å². The van der Waals surface area contributed by atoms with Gasteiger partial charge in [-0.3, -0.25) is 9.59 Å². The van der Waals surface area contributed by atoms with Gasteiger partial charge >= 0.3 is 11.9 Å². The van der Waals surface area contributed by atoms with E-state index in [9.17, 15) is 14.7 Å². The molecule has 0 heterocycles. The van der Waals surface area contributed by atoms with E-state index < -0.39 is 6.10 Å². The van der Waals surface area contributed by atoms with Crippen molar-refractivity contribution in [3.05, 3.63) is 60.8 Å². The highest BCUT2D eigenvalue weighted by molar-refractivity contribution is 5.70. The lowest BCUT2D eigenvalue weighted by Gasteiger charge is -2.15. The molecule has 0 unspecified atom stereocenters. The predicted molar refractivity (Wildman–Crippen MR) is 182 cm³/mol. The lowest BCUT2D eigenvalue weighted by Crippen LogP contribution is -2.28. The number of hydrogen-bond donors (Lipinski definition) is 1. The first-order chi connectivity index (χ1) is 21.1. The number of rotatable bonds is 30. The van der Waals surface area contributed by atoms with Crippen LogP contribution in [-0.2, 0) is 19.1 Å². The van der Waals surface area contributed by atoms with Crippen molar-refractivity contribution in [3.63, 3.8) is 0 Å². The zero-order valence-electron chi connectivity index (χ0n) is 27.7. The van der Waals surface area contributed by atoms with Crippen molar-refractivity contribution in [2.45, 2.75) is 155 Å². The van der Waals surface area contributed by atoms with E-state index >= 15 is 0 Å². The minimum atomic E-state index is -0.792. The summed E-state index contributed by atoms with van der Waals surface area (Å²) in [5.41, 5.74) is 0. The first-order valence-corrected chi connectivity index (χ1v) is 17.3. The molecule has 0 spiro atoms. The third kappa shape index (κ3) is 32.4. The van der Waals surface area contributed by atoms with Gasteiger partial charge in [0.1, 0.15) is 6.61 Å². The fourth-order valence-electron chi connectivity index (χ4n) is 4.47. The number of hydrogen-bond acceptors (Lipinski definition) is 5. The molecule has 0 aromatic rings. The lowest BCUT2D eigenvalue weighted by molar-refractivity contribution is -0.161. The van der Waals surface area contributed by atoms with Gasteiger partial charge in [-0.15, -0.1) is 0 Å². The minimum absolute atomic E-state index is 0.0960. The Balaban J connectivity index is 3.71. The van der Waals surface area contributed by atoms with Gasteiger partial charge in [-0.2, -0.15) is 0 Å². The van der Waals surface area contributed by atoms with E-state index in [1.165, 1.54) is 57.8 Å². The Hall–Kier alpha value is -2.40. The van der Waals surface area contributed by atoms with Crippen LogP contribution in [0.1, 0.15) is 149 Å². The van der Waals surface area contributed by atoms with Gasteiger partial charge in [0.15, 0.2) is 6.10 Å². The van der Waals surface area contributed by atoms with Gasteiger partial charge in [-0.25, -0.2) is 0 Å². The molecule has 0 radical (unpaired) electrons. The number of aliphatic hydroxyl groups excluding tert-OH is 1. The summed E-state index contributed by atoms with van der Waals surface area (Å²) in [6, 6.07) is 0. The molecule has 5 nitrogen and oxygen atoms in total. The minimum Gasteiger partial charge on any atom is -0.462 e. The van der Waals surface area contributed by atoms with Crippen LogP contribution in [0, 0.1) is 0 Å². The molecule has 0 saturated carbocycles. The zero-order valence-corrected chi connectivity index (χ0v) is 27.7. The number of carbonyl (C=O) groups excluding carboxylic acids is 2. The van der Waals surface area contributed by atoms with Gasteiger partial charge in [0, 0.05) is 12.8 Å². The second-order valence-electron chi connectivity index (χ2n) is 11.2.